The molecule has 0 bridgehead atoms. The second kappa shape index (κ2) is 6.68. The van der Waals surface area contributed by atoms with Crippen LogP contribution < -0.4 is 11.1 Å². The van der Waals surface area contributed by atoms with E-state index in [1.165, 1.54) is 11.8 Å². The van der Waals surface area contributed by atoms with Crippen LogP contribution in [-0.4, -0.2) is 11.7 Å². The predicted molar refractivity (Wildman–Crippen MR) is 86.4 cm³/mol. The second-order valence-corrected chi connectivity index (χ2v) is 5.79. The molecule has 0 atom stereocenters. The molecule has 0 aliphatic heterocycles. The summed E-state index contributed by atoms with van der Waals surface area (Å²) in [5.41, 5.74) is 8.31. The number of halogens is 1. The molecule has 0 heterocycles. The van der Waals surface area contributed by atoms with Crippen molar-refractivity contribution in [2.45, 2.75) is 11.8 Å². The molecule has 3 nitrogen and oxygen atoms in total. The zero-order chi connectivity index (χ0) is 14.5. The number of amides is 1. The van der Waals surface area contributed by atoms with Crippen LogP contribution in [0.1, 0.15) is 5.56 Å². The summed E-state index contributed by atoms with van der Waals surface area (Å²) in [6, 6.07) is 12.9. The van der Waals surface area contributed by atoms with Crippen molar-refractivity contribution < 1.29 is 4.79 Å². The largest absolute Gasteiger partial charge is 0.398 e. The number of hydrogen-bond acceptors (Lipinski definition) is 3. The Bertz CT molecular complexity index is 631. The van der Waals surface area contributed by atoms with Crippen molar-refractivity contribution in [2.75, 3.05) is 16.8 Å². The topological polar surface area (TPSA) is 55.1 Å². The van der Waals surface area contributed by atoms with Gasteiger partial charge in [0.25, 0.3) is 0 Å². The summed E-state index contributed by atoms with van der Waals surface area (Å²) in [5.74, 6) is 0.249. The molecule has 2 aromatic rings. The van der Waals surface area contributed by atoms with Crippen LogP contribution in [0.5, 0.6) is 0 Å². The first-order valence-electron chi connectivity index (χ1n) is 6.09. The fourth-order valence-electron chi connectivity index (χ4n) is 1.69. The molecule has 0 spiro atoms. The Kier molecular flexibility index (Phi) is 4.93. The average Bonchev–Trinajstić information content (AvgIpc) is 2.40. The maximum atomic E-state index is 11.9. The Morgan fingerprint density at radius 3 is 2.75 bits per heavy atom. The lowest BCUT2D eigenvalue weighted by atomic mass is 10.2. The van der Waals surface area contributed by atoms with Crippen LogP contribution >= 0.6 is 23.4 Å². The van der Waals surface area contributed by atoms with Gasteiger partial charge in [-0.05, 0) is 36.8 Å². The van der Waals surface area contributed by atoms with Gasteiger partial charge in [0.2, 0.25) is 5.91 Å². The lowest BCUT2D eigenvalue weighted by molar-refractivity contribution is -0.113. The minimum atomic E-state index is -0.0568. The molecule has 2 aromatic carbocycles. The molecular formula is C15H15ClN2OS. The summed E-state index contributed by atoms with van der Waals surface area (Å²) in [5, 5.41) is 3.48. The third-order valence-corrected chi connectivity index (χ3v) is 4.07. The van der Waals surface area contributed by atoms with Gasteiger partial charge in [-0.1, -0.05) is 29.8 Å². The Morgan fingerprint density at radius 2 is 2.05 bits per heavy atom. The molecule has 2 rings (SSSR count). The van der Waals surface area contributed by atoms with Crippen LogP contribution in [0.3, 0.4) is 0 Å². The van der Waals surface area contributed by atoms with E-state index >= 15 is 0 Å². The Labute approximate surface area is 127 Å². The highest BCUT2D eigenvalue weighted by Gasteiger charge is 2.07. The molecule has 0 aromatic heterocycles. The normalized spacial score (nSPS) is 10.3. The van der Waals surface area contributed by atoms with Crippen molar-refractivity contribution in [3.63, 3.8) is 0 Å². The van der Waals surface area contributed by atoms with Crippen LogP contribution in [0.15, 0.2) is 47.4 Å². The van der Waals surface area contributed by atoms with Crippen molar-refractivity contribution in [2.24, 2.45) is 0 Å². The van der Waals surface area contributed by atoms with Crippen LogP contribution in [0.4, 0.5) is 11.4 Å². The van der Waals surface area contributed by atoms with Gasteiger partial charge in [-0.15, -0.1) is 11.8 Å². The maximum absolute atomic E-state index is 11.9. The van der Waals surface area contributed by atoms with Crippen LogP contribution in [0, 0.1) is 6.92 Å². The number of nitrogens with two attached hydrogens (primary N) is 1. The van der Waals surface area contributed by atoms with Crippen molar-refractivity contribution in [3.8, 4) is 0 Å². The average molecular weight is 307 g/mol. The fourth-order valence-corrected chi connectivity index (χ4v) is 2.62. The fraction of sp³-hybridized carbons (Fsp3) is 0.133. The van der Waals surface area contributed by atoms with E-state index in [0.29, 0.717) is 16.5 Å². The minimum absolute atomic E-state index is 0.0568. The van der Waals surface area contributed by atoms with Crippen LogP contribution in [0.25, 0.3) is 0 Å². The smallest absolute Gasteiger partial charge is 0.234 e. The number of nitrogen functional groups attached to an aromatic ring is 1. The molecule has 0 saturated carbocycles. The zero-order valence-corrected chi connectivity index (χ0v) is 12.6. The number of benzene rings is 2. The first kappa shape index (κ1) is 14.8. The van der Waals surface area contributed by atoms with E-state index in [9.17, 15) is 4.79 Å². The van der Waals surface area contributed by atoms with Gasteiger partial charge in [-0.25, -0.2) is 0 Å². The van der Waals surface area contributed by atoms with Crippen LogP contribution in [0.2, 0.25) is 5.02 Å². The van der Waals surface area contributed by atoms with Gasteiger partial charge in [-0.2, -0.15) is 0 Å². The first-order chi connectivity index (χ1) is 9.56. The molecule has 0 aliphatic rings. The lowest BCUT2D eigenvalue weighted by Crippen LogP contribution is -2.14. The van der Waals surface area contributed by atoms with E-state index in [4.69, 9.17) is 17.3 Å². The quantitative estimate of drug-likeness (QED) is 0.664. The van der Waals surface area contributed by atoms with Crippen molar-refractivity contribution >= 4 is 40.6 Å². The number of carbonyl (C=O) groups excluding carboxylic acids is 1. The number of thioether (sulfide) groups is 1. The van der Waals surface area contributed by atoms with E-state index < -0.39 is 0 Å². The molecule has 0 aliphatic carbocycles. The molecule has 0 unspecified atom stereocenters. The molecule has 1 amide bonds. The Morgan fingerprint density at radius 1 is 1.30 bits per heavy atom. The molecular weight excluding hydrogens is 292 g/mol. The summed E-state index contributed by atoms with van der Waals surface area (Å²) in [4.78, 5) is 12.8. The standard InChI is InChI=1S/C15H15ClN2OS/c1-10-4-2-3-5-13(10)18-15(19)9-20-14-7-6-11(16)8-12(14)17/h2-8H,9,17H2,1H3,(H,18,19). The highest BCUT2D eigenvalue weighted by molar-refractivity contribution is 8.00. The van der Waals surface area contributed by atoms with Gasteiger partial charge in [0.05, 0.1) is 5.75 Å². The monoisotopic (exact) mass is 306 g/mol. The first-order valence-corrected chi connectivity index (χ1v) is 7.46. The minimum Gasteiger partial charge on any atom is -0.398 e. The summed E-state index contributed by atoms with van der Waals surface area (Å²) in [7, 11) is 0. The summed E-state index contributed by atoms with van der Waals surface area (Å²) < 4.78 is 0. The van der Waals surface area contributed by atoms with E-state index in [-0.39, 0.29) is 5.91 Å². The number of carbonyl (C=O) groups is 1. The number of para-hydroxylation sites is 1. The van der Waals surface area contributed by atoms with Crippen LogP contribution in [-0.2, 0) is 4.79 Å². The van der Waals surface area contributed by atoms with Gasteiger partial charge >= 0.3 is 0 Å². The molecule has 3 N–H and O–H groups in total. The van der Waals surface area contributed by atoms with E-state index in [1.54, 1.807) is 12.1 Å². The highest BCUT2D eigenvalue weighted by atomic mass is 35.5. The second-order valence-electron chi connectivity index (χ2n) is 4.33. The molecule has 5 heteroatoms. The van der Waals surface area contributed by atoms with Crippen molar-refractivity contribution in [1.82, 2.24) is 0 Å². The van der Waals surface area contributed by atoms with Gasteiger partial charge < -0.3 is 11.1 Å². The van der Waals surface area contributed by atoms with Gasteiger partial charge in [0.15, 0.2) is 0 Å². The number of aryl methyl sites for hydroxylation is 1. The van der Waals surface area contributed by atoms with Gasteiger partial charge in [0, 0.05) is 21.3 Å². The third-order valence-electron chi connectivity index (χ3n) is 2.75. The van der Waals surface area contributed by atoms with Crippen molar-refractivity contribution in [3.05, 3.63) is 53.1 Å². The Hall–Kier alpha value is -1.65. The number of nitrogens with one attached hydrogen (secondary N) is 1. The predicted octanol–water partition coefficient (Wildman–Crippen LogP) is 3.96. The number of anilines is 2. The number of rotatable bonds is 4. The highest BCUT2D eigenvalue weighted by Crippen LogP contribution is 2.27. The SMILES string of the molecule is Cc1ccccc1NC(=O)CSc1ccc(Cl)cc1N. The van der Waals surface area contributed by atoms with E-state index in [1.807, 2.05) is 37.3 Å². The molecule has 20 heavy (non-hydrogen) atoms. The van der Waals surface area contributed by atoms with E-state index in [0.717, 1.165) is 16.1 Å². The third kappa shape index (κ3) is 3.92. The summed E-state index contributed by atoms with van der Waals surface area (Å²) in [6.45, 7) is 1.96. The molecule has 0 radical (unpaired) electrons. The maximum Gasteiger partial charge on any atom is 0.234 e. The zero-order valence-electron chi connectivity index (χ0n) is 11.0. The summed E-state index contributed by atoms with van der Waals surface area (Å²) in [6.07, 6.45) is 0. The Balaban J connectivity index is 1.94. The molecule has 104 valence electrons. The van der Waals surface area contributed by atoms with Gasteiger partial charge in [-0.3, -0.25) is 4.79 Å². The molecule has 0 saturated heterocycles. The summed E-state index contributed by atoms with van der Waals surface area (Å²) >= 11 is 7.23. The van der Waals surface area contributed by atoms with E-state index in [2.05, 4.69) is 5.32 Å². The lowest BCUT2D eigenvalue weighted by Gasteiger charge is -2.09. The molecule has 0 fully saturated rings. The van der Waals surface area contributed by atoms with Crippen molar-refractivity contribution in [1.29, 1.82) is 0 Å². The van der Waals surface area contributed by atoms with Gasteiger partial charge in [0.1, 0.15) is 0 Å². The number of hydrogen-bond donors (Lipinski definition) is 2.